The van der Waals surface area contributed by atoms with E-state index in [1.54, 1.807) is 30.3 Å². The van der Waals surface area contributed by atoms with E-state index in [9.17, 15) is 9.59 Å². The number of halogens is 1. The van der Waals surface area contributed by atoms with Crippen LogP contribution in [0.25, 0.3) is 17.0 Å². The molecule has 3 aromatic rings. The zero-order chi connectivity index (χ0) is 20.8. The molecule has 2 N–H and O–H groups in total. The number of nitrogens with one attached hydrogen (secondary N) is 2. The van der Waals surface area contributed by atoms with Crippen molar-refractivity contribution in [1.82, 2.24) is 15.2 Å². The average molecular weight is 410 g/mol. The predicted molar refractivity (Wildman–Crippen MR) is 118 cm³/mol. The van der Waals surface area contributed by atoms with Gasteiger partial charge in [-0.05, 0) is 37.6 Å². The molecule has 0 fully saturated rings. The van der Waals surface area contributed by atoms with Crippen LogP contribution in [0.2, 0.25) is 5.02 Å². The van der Waals surface area contributed by atoms with E-state index in [1.807, 2.05) is 37.4 Å². The summed E-state index contributed by atoms with van der Waals surface area (Å²) in [5.74, 6) is -0.756. The maximum Gasteiger partial charge on any atom is 0.267 e. The first-order chi connectivity index (χ1) is 14.0. The molecule has 2 amide bonds. The largest absolute Gasteiger partial charge is 0.351 e. The van der Waals surface area contributed by atoms with Crippen LogP contribution in [-0.2, 0) is 11.3 Å². The number of hydrogen-bond acceptors (Lipinski definition) is 2. The molecule has 0 saturated carbocycles. The maximum atomic E-state index is 12.7. The van der Waals surface area contributed by atoms with Gasteiger partial charge in [-0.2, -0.15) is 0 Å². The van der Waals surface area contributed by atoms with Gasteiger partial charge in [-0.1, -0.05) is 48.9 Å². The normalized spacial score (nSPS) is 11.5. The van der Waals surface area contributed by atoms with E-state index < -0.39 is 5.91 Å². The van der Waals surface area contributed by atoms with Crippen molar-refractivity contribution in [3.05, 3.63) is 76.6 Å². The summed E-state index contributed by atoms with van der Waals surface area (Å²) in [5.41, 5.74) is 2.44. The standard InChI is InChI=1S/C23H24ClN3O2/c1-3-13-25-23(29)20(26-22(28)18-10-5-7-11-19(18)24)14-16-15-27(4-2)21-12-8-6-9-17(16)21/h5-12,14-15H,3-4,13H2,1-2H3,(H,25,29)(H,26,28)/b20-14-. The van der Waals surface area contributed by atoms with Gasteiger partial charge >= 0.3 is 0 Å². The van der Waals surface area contributed by atoms with Crippen molar-refractivity contribution in [2.45, 2.75) is 26.8 Å². The number of carbonyl (C=O) groups is 2. The molecule has 0 radical (unpaired) electrons. The van der Waals surface area contributed by atoms with Crippen molar-refractivity contribution in [3.63, 3.8) is 0 Å². The van der Waals surface area contributed by atoms with Gasteiger partial charge in [0.05, 0.1) is 10.6 Å². The predicted octanol–water partition coefficient (Wildman–Crippen LogP) is 4.61. The third kappa shape index (κ3) is 4.69. The van der Waals surface area contributed by atoms with Gasteiger partial charge < -0.3 is 15.2 Å². The molecule has 0 saturated heterocycles. The number of rotatable bonds is 7. The molecule has 0 aliphatic rings. The highest BCUT2D eigenvalue weighted by molar-refractivity contribution is 6.34. The molecule has 0 bridgehead atoms. The molecule has 0 spiro atoms. The topological polar surface area (TPSA) is 63.1 Å². The fourth-order valence-electron chi connectivity index (χ4n) is 3.13. The number of carbonyl (C=O) groups excluding carboxylic acids is 2. The van der Waals surface area contributed by atoms with Gasteiger partial charge in [0.25, 0.3) is 11.8 Å². The Labute approximate surface area is 175 Å². The second-order valence-corrected chi connectivity index (χ2v) is 7.04. The summed E-state index contributed by atoms with van der Waals surface area (Å²) in [6.07, 6.45) is 4.50. The number of fused-ring (bicyclic) bond motifs is 1. The third-order valence-electron chi connectivity index (χ3n) is 4.61. The number of nitrogens with zero attached hydrogens (tertiary/aromatic N) is 1. The Morgan fingerprint density at radius 1 is 1.07 bits per heavy atom. The number of amides is 2. The minimum absolute atomic E-state index is 0.183. The van der Waals surface area contributed by atoms with Gasteiger partial charge in [-0.15, -0.1) is 0 Å². The Kier molecular flexibility index (Phi) is 6.73. The summed E-state index contributed by atoms with van der Waals surface area (Å²) >= 11 is 6.14. The van der Waals surface area contributed by atoms with Crippen LogP contribution in [0.5, 0.6) is 0 Å². The number of aromatic nitrogens is 1. The Morgan fingerprint density at radius 2 is 1.79 bits per heavy atom. The van der Waals surface area contributed by atoms with Gasteiger partial charge in [-0.25, -0.2) is 0 Å². The van der Waals surface area contributed by atoms with Gasteiger partial charge in [-0.3, -0.25) is 9.59 Å². The first-order valence-corrected chi connectivity index (χ1v) is 10.1. The van der Waals surface area contributed by atoms with Gasteiger partial charge in [0, 0.05) is 35.8 Å². The summed E-state index contributed by atoms with van der Waals surface area (Å²) in [6, 6.07) is 14.7. The molecule has 2 aromatic carbocycles. The third-order valence-corrected chi connectivity index (χ3v) is 4.94. The van der Waals surface area contributed by atoms with Crippen LogP contribution in [0, 0.1) is 0 Å². The fraction of sp³-hybridized carbons (Fsp3) is 0.217. The summed E-state index contributed by atoms with van der Waals surface area (Å²) in [6.45, 7) is 5.36. The van der Waals surface area contributed by atoms with E-state index in [4.69, 9.17) is 11.6 Å². The summed E-state index contributed by atoms with van der Waals surface area (Å²) < 4.78 is 2.11. The van der Waals surface area contributed by atoms with Crippen LogP contribution in [0.4, 0.5) is 0 Å². The van der Waals surface area contributed by atoms with E-state index in [0.717, 1.165) is 29.4 Å². The van der Waals surface area contributed by atoms with Crippen molar-refractivity contribution < 1.29 is 9.59 Å². The molecular formula is C23H24ClN3O2. The molecule has 0 atom stereocenters. The lowest BCUT2D eigenvalue weighted by Crippen LogP contribution is -2.35. The molecule has 150 valence electrons. The number of hydrogen-bond donors (Lipinski definition) is 2. The molecule has 0 aliphatic heterocycles. The van der Waals surface area contributed by atoms with Crippen molar-refractivity contribution in [3.8, 4) is 0 Å². The van der Waals surface area contributed by atoms with Crippen molar-refractivity contribution >= 4 is 40.4 Å². The molecule has 1 heterocycles. The molecule has 6 heteroatoms. The van der Waals surface area contributed by atoms with E-state index in [-0.39, 0.29) is 11.6 Å². The van der Waals surface area contributed by atoms with Crippen LogP contribution in [-0.4, -0.2) is 22.9 Å². The smallest absolute Gasteiger partial charge is 0.267 e. The second kappa shape index (κ2) is 9.43. The lowest BCUT2D eigenvalue weighted by Gasteiger charge is -2.11. The number of benzene rings is 2. The van der Waals surface area contributed by atoms with Crippen LogP contribution in [0.1, 0.15) is 36.2 Å². The highest BCUT2D eigenvalue weighted by atomic mass is 35.5. The first kappa shape index (κ1) is 20.7. The lowest BCUT2D eigenvalue weighted by atomic mass is 10.1. The minimum atomic E-state index is -0.423. The second-order valence-electron chi connectivity index (χ2n) is 6.64. The quantitative estimate of drug-likeness (QED) is 0.559. The molecule has 5 nitrogen and oxygen atoms in total. The Morgan fingerprint density at radius 3 is 2.52 bits per heavy atom. The first-order valence-electron chi connectivity index (χ1n) is 9.68. The van der Waals surface area contributed by atoms with Crippen LogP contribution in [0.3, 0.4) is 0 Å². The SMILES string of the molecule is CCCNC(=O)/C(=C/c1cn(CC)c2ccccc12)NC(=O)c1ccccc1Cl. The van der Waals surface area contributed by atoms with Gasteiger partial charge in [0.2, 0.25) is 0 Å². The molecule has 1 aromatic heterocycles. The zero-order valence-electron chi connectivity index (χ0n) is 16.5. The summed E-state index contributed by atoms with van der Waals surface area (Å²) in [5, 5.41) is 6.92. The van der Waals surface area contributed by atoms with Crippen LogP contribution >= 0.6 is 11.6 Å². The number of para-hydroxylation sites is 1. The molecule has 0 unspecified atom stereocenters. The summed E-state index contributed by atoms with van der Waals surface area (Å²) in [7, 11) is 0. The van der Waals surface area contributed by atoms with Crippen LogP contribution < -0.4 is 10.6 Å². The van der Waals surface area contributed by atoms with Crippen LogP contribution in [0.15, 0.2) is 60.4 Å². The van der Waals surface area contributed by atoms with Crippen molar-refractivity contribution in [2.75, 3.05) is 6.54 Å². The van der Waals surface area contributed by atoms with Crippen molar-refractivity contribution in [2.24, 2.45) is 0 Å². The highest BCUT2D eigenvalue weighted by Crippen LogP contribution is 2.23. The molecule has 3 rings (SSSR count). The van der Waals surface area contributed by atoms with E-state index in [1.165, 1.54) is 0 Å². The molecular weight excluding hydrogens is 386 g/mol. The fourth-order valence-corrected chi connectivity index (χ4v) is 3.36. The van der Waals surface area contributed by atoms with Gasteiger partial charge in [0.15, 0.2) is 0 Å². The van der Waals surface area contributed by atoms with E-state index >= 15 is 0 Å². The lowest BCUT2D eigenvalue weighted by molar-refractivity contribution is -0.117. The zero-order valence-corrected chi connectivity index (χ0v) is 17.3. The highest BCUT2D eigenvalue weighted by Gasteiger charge is 2.17. The van der Waals surface area contributed by atoms with E-state index in [0.29, 0.717) is 17.1 Å². The molecule has 29 heavy (non-hydrogen) atoms. The molecule has 0 aliphatic carbocycles. The number of aryl methyl sites for hydroxylation is 1. The monoisotopic (exact) mass is 409 g/mol. The average Bonchev–Trinajstić information content (AvgIpc) is 3.09. The maximum absolute atomic E-state index is 12.7. The Bertz CT molecular complexity index is 1070. The van der Waals surface area contributed by atoms with Crippen molar-refractivity contribution in [1.29, 1.82) is 0 Å². The van der Waals surface area contributed by atoms with E-state index in [2.05, 4.69) is 22.1 Å². The van der Waals surface area contributed by atoms with Gasteiger partial charge in [0.1, 0.15) is 5.70 Å². The minimum Gasteiger partial charge on any atom is -0.351 e. The Hall–Kier alpha value is -3.05. The Balaban J connectivity index is 2.01. The summed E-state index contributed by atoms with van der Waals surface area (Å²) in [4.78, 5) is 25.5.